The van der Waals surface area contributed by atoms with E-state index in [0.29, 0.717) is 0 Å². The smallest absolute Gasteiger partial charge is 0.0641 e. The Hall–Kier alpha value is -5.28. The van der Waals surface area contributed by atoms with E-state index in [-0.39, 0.29) is 0 Å². The second kappa shape index (κ2) is 7.87. The first kappa shape index (κ1) is 21.6. The van der Waals surface area contributed by atoms with Crippen molar-refractivity contribution in [1.82, 2.24) is 13.7 Å². The number of para-hydroxylation sites is 4. The minimum atomic E-state index is 1.18. The van der Waals surface area contributed by atoms with Crippen molar-refractivity contribution in [1.29, 1.82) is 0 Å². The number of aromatic nitrogens is 3. The van der Waals surface area contributed by atoms with E-state index in [4.69, 9.17) is 0 Å². The van der Waals surface area contributed by atoms with Gasteiger partial charge in [-0.25, -0.2) is 0 Å². The maximum atomic E-state index is 2.46. The fourth-order valence-corrected chi connectivity index (χ4v) is 6.99. The van der Waals surface area contributed by atoms with Crippen LogP contribution in [0.15, 0.2) is 133 Å². The average Bonchev–Trinajstić information content (AvgIpc) is 3.63. The van der Waals surface area contributed by atoms with Gasteiger partial charge in [0.25, 0.3) is 0 Å². The molecule has 3 heterocycles. The van der Waals surface area contributed by atoms with Crippen molar-refractivity contribution in [3.8, 4) is 11.4 Å². The number of aryl methyl sites for hydroxylation is 1. The number of hydrogen-bond donors (Lipinski definition) is 0. The molecule has 6 aromatic carbocycles. The maximum absolute atomic E-state index is 2.46. The predicted octanol–water partition coefficient (Wildman–Crippen LogP) is 9.53. The monoisotopic (exact) mass is 511 g/mol. The molecule has 0 aliphatic carbocycles. The van der Waals surface area contributed by atoms with Crippen molar-refractivity contribution in [3.63, 3.8) is 0 Å². The molecule has 0 amide bonds. The Bertz CT molecular complexity index is 2420. The molecule has 0 N–H and O–H groups in total. The molecule has 3 heteroatoms. The summed E-state index contributed by atoms with van der Waals surface area (Å²) in [6.45, 7) is 0. The summed E-state index contributed by atoms with van der Waals surface area (Å²) in [7, 11) is 2.20. The lowest BCUT2D eigenvalue weighted by molar-refractivity contribution is 1.01. The summed E-state index contributed by atoms with van der Waals surface area (Å²) in [6, 6.07) is 48.3. The van der Waals surface area contributed by atoms with Crippen LogP contribution in [0.5, 0.6) is 0 Å². The zero-order valence-corrected chi connectivity index (χ0v) is 22.0. The molecule has 0 spiro atoms. The summed E-state index contributed by atoms with van der Waals surface area (Å²) < 4.78 is 7.24. The molecule has 0 unspecified atom stereocenters. The number of nitrogens with zero attached hydrogens (tertiary/aromatic N) is 3. The Balaban J connectivity index is 1.59. The summed E-state index contributed by atoms with van der Waals surface area (Å²) in [5, 5.41) is 7.75. The Kier molecular flexibility index (Phi) is 4.26. The van der Waals surface area contributed by atoms with Crippen LogP contribution in [0, 0.1) is 0 Å². The quantitative estimate of drug-likeness (QED) is 0.219. The summed E-state index contributed by atoms with van der Waals surface area (Å²) in [5.41, 5.74) is 9.79. The molecule has 0 radical (unpaired) electrons. The lowest BCUT2D eigenvalue weighted by Gasteiger charge is -2.09. The van der Waals surface area contributed by atoms with Gasteiger partial charge in [-0.05, 0) is 54.6 Å². The van der Waals surface area contributed by atoms with E-state index < -0.39 is 0 Å². The minimum Gasteiger partial charge on any atom is -0.344 e. The van der Waals surface area contributed by atoms with Gasteiger partial charge in [0.05, 0.1) is 27.6 Å². The van der Waals surface area contributed by atoms with Crippen LogP contribution >= 0.6 is 0 Å². The molecular weight excluding hydrogens is 486 g/mol. The van der Waals surface area contributed by atoms with Crippen molar-refractivity contribution in [2.24, 2.45) is 7.05 Å². The van der Waals surface area contributed by atoms with E-state index in [1.54, 1.807) is 0 Å². The molecule has 0 fully saturated rings. The van der Waals surface area contributed by atoms with Crippen molar-refractivity contribution in [3.05, 3.63) is 133 Å². The molecule has 0 saturated carbocycles. The summed E-state index contributed by atoms with van der Waals surface area (Å²) in [6.07, 6.45) is 0. The van der Waals surface area contributed by atoms with E-state index >= 15 is 0 Å². The Morgan fingerprint density at radius 2 is 0.875 bits per heavy atom. The van der Waals surface area contributed by atoms with Crippen LogP contribution in [-0.4, -0.2) is 13.7 Å². The first-order chi connectivity index (χ1) is 19.8. The van der Waals surface area contributed by atoms with Gasteiger partial charge < -0.3 is 13.7 Å². The van der Waals surface area contributed by atoms with Gasteiger partial charge in [-0.1, -0.05) is 78.9 Å². The lowest BCUT2D eigenvalue weighted by Crippen LogP contribution is -1.94. The van der Waals surface area contributed by atoms with Crippen molar-refractivity contribution < 1.29 is 0 Å². The van der Waals surface area contributed by atoms with Crippen molar-refractivity contribution >= 4 is 65.4 Å². The molecule has 0 aliphatic rings. The van der Waals surface area contributed by atoms with Crippen molar-refractivity contribution in [2.45, 2.75) is 0 Å². The zero-order chi connectivity index (χ0) is 26.4. The highest BCUT2D eigenvalue weighted by Gasteiger charge is 2.23. The van der Waals surface area contributed by atoms with Crippen LogP contribution in [-0.2, 0) is 7.05 Å². The molecule has 0 saturated heterocycles. The van der Waals surface area contributed by atoms with E-state index in [0.717, 1.165) is 0 Å². The molecule has 0 bridgehead atoms. The van der Waals surface area contributed by atoms with Crippen LogP contribution in [0.3, 0.4) is 0 Å². The molecule has 0 aliphatic heterocycles. The number of benzene rings is 6. The van der Waals surface area contributed by atoms with Gasteiger partial charge in [0, 0.05) is 56.3 Å². The lowest BCUT2D eigenvalue weighted by atomic mass is 10.0. The molecule has 3 aromatic heterocycles. The van der Waals surface area contributed by atoms with Crippen LogP contribution in [0.25, 0.3) is 76.8 Å². The SMILES string of the molecule is Cn1c2ccc3c(c4ccccc4n3-c3ccccc3)c2c2c1ccc1c3ccccc3n(-c3ccccc3)c12. The first-order valence-corrected chi connectivity index (χ1v) is 13.8. The van der Waals surface area contributed by atoms with E-state index in [2.05, 4.69) is 154 Å². The van der Waals surface area contributed by atoms with Gasteiger partial charge in [0.15, 0.2) is 0 Å². The van der Waals surface area contributed by atoms with Crippen molar-refractivity contribution in [2.75, 3.05) is 0 Å². The summed E-state index contributed by atoms with van der Waals surface area (Å²) in [5.74, 6) is 0. The molecule has 3 nitrogen and oxygen atoms in total. The van der Waals surface area contributed by atoms with Crippen LogP contribution in [0.4, 0.5) is 0 Å². The third-order valence-corrected chi connectivity index (χ3v) is 8.63. The molecule has 40 heavy (non-hydrogen) atoms. The number of fused-ring (bicyclic) bond motifs is 11. The highest BCUT2D eigenvalue weighted by molar-refractivity contribution is 6.34. The fraction of sp³-hybridized carbons (Fsp3) is 0.0270. The van der Waals surface area contributed by atoms with Gasteiger partial charge in [-0.15, -0.1) is 0 Å². The van der Waals surface area contributed by atoms with Gasteiger partial charge in [0.1, 0.15) is 0 Å². The highest BCUT2D eigenvalue weighted by atomic mass is 15.0. The molecule has 9 rings (SSSR count). The summed E-state index contributed by atoms with van der Waals surface area (Å²) >= 11 is 0. The van der Waals surface area contributed by atoms with Gasteiger partial charge in [-0.2, -0.15) is 0 Å². The fourth-order valence-electron chi connectivity index (χ4n) is 6.99. The Morgan fingerprint density at radius 3 is 1.60 bits per heavy atom. The Morgan fingerprint density at radius 1 is 0.350 bits per heavy atom. The molecule has 188 valence electrons. The number of rotatable bonds is 2. The zero-order valence-electron chi connectivity index (χ0n) is 22.0. The molecule has 0 atom stereocenters. The molecular formula is C37H25N3. The normalized spacial score (nSPS) is 12.1. The third kappa shape index (κ3) is 2.69. The maximum Gasteiger partial charge on any atom is 0.0641 e. The minimum absolute atomic E-state index is 1.18. The first-order valence-electron chi connectivity index (χ1n) is 13.8. The van der Waals surface area contributed by atoms with E-state index in [9.17, 15) is 0 Å². The highest BCUT2D eigenvalue weighted by Crippen LogP contribution is 2.45. The van der Waals surface area contributed by atoms with Gasteiger partial charge >= 0.3 is 0 Å². The topological polar surface area (TPSA) is 14.8 Å². The van der Waals surface area contributed by atoms with E-state index in [1.165, 1.54) is 76.8 Å². The molecule has 9 aromatic rings. The summed E-state index contributed by atoms with van der Waals surface area (Å²) in [4.78, 5) is 0. The van der Waals surface area contributed by atoms with Gasteiger partial charge in [0.2, 0.25) is 0 Å². The standard InChI is InChI=1S/C37H25N3/c1-38-31-22-23-33-34(28-17-9-11-19-30(28)39(33)24-12-4-2-5-13-24)35(31)36-32(38)21-20-27-26-16-8-10-18-29(26)40(37(27)36)25-14-6-3-7-15-25/h2-23H,1H3. The largest absolute Gasteiger partial charge is 0.344 e. The van der Waals surface area contributed by atoms with Crippen LogP contribution in [0.1, 0.15) is 0 Å². The average molecular weight is 512 g/mol. The second-order valence-electron chi connectivity index (χ2n) is 10.6. The predicted molar refractivity (Wildman–Crippen MR) is 169 cm³/mol. The van der Waals surface area contributed by atoms with Gasteiger partial charge in [-0.3, -0.25) is 0 Å². The number of hydrogen-bond acceptors (Lipinski definition) is 0. The van der Waals surface area contributed by atoms with E-state index in [1.807, 2.05) is 0 Å². The second-order valence-corrected chi connectivity index (χ2v) is 10.6. The Labute approximate surface area is 230 Å². The van der Waals surface area contributed by atoms with Crippen LogP contribution in [0.2, 0.25) is 0 Å². The third-order valence-electron chi connectivity index (χ3n) is 8.63. The van der Waals surface area contributed by atoms with Crippen LogP contribution < -0.4 is 0 Å².